The fourth-order valence-corrected chi connectivity index (χ4v) is 1.76. The van der Waals surface area contributed by atoms with Crippen molar-refractivity contribution in [2.75, 3.05) is 0 Å². The Balaban J connectivity index is 2.69. The molecule has 1 aromatic carbocycles. The summed E-state index contributed by atoms with van der Waals surface area (Å²) in [4.78, 5) is 0. The molecule has 1 unspecified atom stereocenters. The van der Waals surface area contributed by atoms with E-state index in [-0.39, 0.29) is 0 Å². The number of hydrogen-bond acceptors (Lipinski definition) is 1. The lowest BCUT2D eigenvalue weighted by atomic mass is 10.1. The highest BCUT2D eigenvalue weighted by molar-refractivity contribution is 9.26. The predicted molar refractivity (Wildman–Crippen MR) is 65.7 cm³/mol. The minimum Gasteiger partial charge on any atom is -0.379 e. The van der Waals surface area contributed by atoms with E-state index in [1.54, 1.807) is 0 Å². The molecule has 0 aliphatic heterocycles. The molecular formula is C9H9Br3O. The zero-order chi connectivity index (χ0) is 9.90. The van der Waals surface area contributed by atoms with Gasteiger partial charge in [-0.2, -0.15) is 0 Å². The van der Waals surface area contributed by atoms with E-state index < -0.39 is 8.25 Å². The first-order valence-electron chi connectivity index (χ1n) is 3.76. The summed E-state index contributed by atoms with van der Waals surface area (Å²) >= 11 is 9.92. The molecule has 0 fully saturated rings. The normalized spacial score (nSPS) is 14.2. The van der Waals surface area contributed by atoms with Crippen molar-refractivity contribution in [2.45, 2.75) is 14.7 Å². The molecule has 1 aromatic rings. The van der Waals surface area contributed by atoms with Crippen LogP contribution < -0.4 is 0 Å². The summed E-state index contributed by atoms with van der Waals surface area (Å²) in [6.07, 6.45) is 0.709. The topological polar surface area (TPSA) is 20.2 Å². The van der Waals surface area contributed by atoms with Gasteiger partial charge in [0.05, 0.1) is 0 Å². The first-order valence-corrected chi connectivity index (χ1v) is 6.26. The Morgan fingerprint density at radius 2 is 1.77 bits per heavy atom. The molecule has 1 N–H and O–H groups in total. The summed E-state index contributed by atoms with van der Waals surface area (Å²) < 4.78 is -0.499. The van der Waals surface area contributed by atoms with Crippen LogP contribution in [0.4, 0.5) is 0 Å². The van der Waals surface area contributed by atoms with Crippen LogP contribution >= 0.6 is 47.8 Å². The first kappa shape index (κ1) is 11.7. The molecule has 1 atom stereocenters. The number of halogens is 3. The molecule has 0 saturated heterocycles. The average Bonchev–Trinajstić information content (AvgIpc) is 2.05. The lowest BCUT2D eigenvalue weighted by Crippen LogP contribution is -2.26. The molecule has 13 heavy (non-hydrogen) atoms. The van der Waals surface area contributed by atoms with Crippen molar-refractivity contribution in [3.63, 3.8) is 0 Å². The molecular weight excluding hydrogens is 364 g/mol. The first-order chi connectivity index (χ1) is 6.02. The second-order valence-electron chi connectivity index (χ2n) is 2.76. The molecule has 72 valence electrons. The van der Waals surface area contributed by atoms with Gasteiger partial charge in [-0.05, 0) is 5.56 Å². The number of aliphatic hydroxyl groups excluding tert-OH is 1. The Morgan fingerprint density at radius 3 is 2.23 bits per heavy atom. The van der Waals surface area contributed by atoms with Crippen molar-refractivity contribution in [1.29, 1.82) is 0 Å². The van der Waals surface area contributed by atoms with Gasteiger partial charge >= 0.3 is 0 Å². The van der Waals surface area contributed by atoms with Crippen molar-refractivity contribution >= 4 is 47.8 Å². The van der Waals surface area contributed by atoms with Gasteiger partial charge in [-0.25, -0.2) is 0 Å². The molecule has 0 aromatic heterocycles. The van der Waals surface area contributed by atoms with E-state index in [0.29, 0.717) is 6.42 Å². The van der Waals surface area contributed by atoms with Gasteiger partial charge < -0.3 is 5.11 Å². The van der Waals surface area contributed by atoms with Crippen LogP contribution in [-0.2, 0) is 6.42 Å². The van der Waals surface area contributed by atoms with Crippen LogP contribution in [0.25, 0.3) is 0 Å². The summed E-state index contributed by atoms with van der Waals surface area (Å²) in [5.41, 5.74) is 1.16. The standard InChI is InChI=1S/C9H9Br3O/c10-8(13)9(11,12)6-7-4-2-1-3-5-7/h1-5,8,13H,6H2. The van der Waals surface area contributed by atoms with Gasteiger partial charge in [-0.3, -0.25) is 0 Å². The second kappa shape index (κ2) is 4.91. The van der Waals surface area contributed by atoms with E-state index in [1.807, 2.05) is 30.3 Å². The van der Waals surface area contributed by atoms with Gasteiger partial charge in [0.1, 0.15) is 8.25 Å². The highest BCUT2D eigenvalue weighted by Crippen LogP contribution is 2.36. The fourth-order valence-electron chi connectivity index (χ4n) is 0.952. The molecule has 0 heterocycles. The number of aliphatic hydroxyl groups is 1. The highest BCUT2D eigenvalue weighted by atomic mass is 79.9. The summed E-state index contributed by atoms with van der Waals surface area (Å²) in [7, 11) is 0. The van der Waals surface area contributed by atoms with Crippen molar-refractivity contribution < 1.29 is 5.11 Å². The van der Waals surface area contributed by atoms with E-state index in [1.165, 1.54) is 0 Å². The average molecular weight is 373 g/mol. The maximum atomic E-state index is 9.36. The largest absolute Gasteiger partial charge is 0.379 e. The molecule has 0 amide bonds. The lowest BCUT2D eigenvalue weighted by molar-refractivity contribution is 0.259. The smallest absolute Gasteiger partial charge is 0.134 e. The predicted octanol–water partition coefficient (Wildman–Crippen LogP) is 3.43. The zero-order valence-electron chi connectivity index (χ0n) is 6.75. The van der Waals surface area contributed by atoms with Gasteiger partial charge in [0.15, 0.2) is 0 Å². The Labute approximate surface area is 103 Å². The molecule has 1 nitrogen and oxygen atoms in total. The quantitative estimate of drug-likeness (QED) is 0.806. The number of rotatable bonds is 3. The van der Waals surface area contributed by atoms with Gasteiger partial charge in [-0.1, -0.05) is 78.1 Å². The van der Waals surface area contributed by atoms with Crippen molar-refractivity contribution in [3.8, 4) is 0 Å². The van der Waals surface area contributed by atoms with Crippen molar-refractivity contribution in [2.24, 2.45) is 0 Å². The number of benzene rings is 1. The van der Waals surface area contributed by atoms with Gasteiger partial charge in [-0.15, -0.1) is 0 Å². The SMILES string of the molecule is OC(Br)C(Br)(Br)Cc1ccccc1. The minimum absolute atomic E-state index is 0.499. The van der Waals surface area contributed by atoms with Crippen LogP contribution in [0.2, 0.25) is 0 Å². The molecule has 0 aliphatic carbocycles. The fraction of sp³-hybridized carbons (Fsp3) is 0.333. The van der Waals surface area contributed by atoms with Gasteiger partial charge in [0.2, 0.25) is 0 Å². The lowest BCUT2D eigenvalue weighted by Gasteiger charge is -2.22. The van der Waals surface area contributed by atoms with E-state index in [4.69, 9.17) is 0 Å². The third-order valence-corrected chi connectivity index (χ3v) is 5.07. The van der Waals surface area contributed by atoms with E-state index in [0.717, 1.165) is 5.56 Å². The van der Waals surface area contributed by atoms with Gasteiger partial charge in [0, 0.05) is 6.42 Å². The molecule has 0 radical (unpaired) electrons. The monoisotopic (exact) mass is 370 g/mol. The van der Waals surface area contributed by atoms with Gasteiger partial charge in [0.25, 0.3) is 0 Å². The molecule has 4 heteroatoms. The second-order valence-corrected chi connectivity index (χ2v) is 7.52. The van der Waals surface area contributed by atoms with E-state index >= 15 is 0 Å². The Morgan fingerprint density at radius 1 is 1.23 bits per heavy atom. The Kier molecular flexibility index (Phi) is 4.42. The van der Waals surface area contributed by atoms with Crippen LogP contribution in [0.15, 0.2) is 30.3 Å². The Hall–Kier alpha value is 0.620. The van der Waals surface area contributed by atoms with E-state index in [2.05, 4.69) is 47.8 Å². The maximum absolute atomic E-state index is 9.36. The van der Waals surface area contributed by atoms with E-state index in [9.17, 15) is 5.11 Å². The summed E-state index contributed by atoms with van der Waals surface area (Å²) in [6, 6.07) is 9.97. The summed E-state index contributed by atoms with van der Waals surface area (Å²) in [5, 5.41) is 8.74. The zero-order valence-corrected chi connectivity index (χ0v) is 11.5. The van der Waals surface area contributed by atoms with Crippen LogP contribution in [0, 0.1) is 0 Å². The molecule has 0 aliphatic rings. The van der Waals surface area contributed by atoms with Crippen molar-refractivity contribution in [1.82, 2.24) is 0 Å². The number of hydrogen-bond donors (Lipinski definition) is 1. The minimum atomic E-state index is -0.625. The van der Waals surface area contributed by atoms with Crippen LogP contribution in [0.5, 0.6) is 0 Å². The van der Waals surface area contributed by atoms with Crippen molar-refractivity contribution in [3.05, 3.63) is 35.9 Å². The maximum Gasteiger partial charge on any atom is 0.134 e. The molecule has 0 spiro atoms. The molecule has 1 rings (SSSR count). The van der Waals surface area contributed by atoms with Crippen LogP contribution in [-0.4, -0.2) is 13.4 Å². The number of alkyl halides is 3. The third kappa shape index (κ3) is 3.70. The molecule has 0 bridgehead atoms. The third-order valence-electron chi connectivity index (χ3n) is 1.63. The molecule has 0 saturated carbocycles. The summed E-state index contributed by atoms with van der Waals surface area (Å²) in [5.74, 6) is 0. The Bertz CT molecular complexity index is 259. The van der Waals surface area contributed by atoms with Crippen LogP contribution in [0.3, 0.4) is 0 Å². The highest BCUT2D eigenvalue weighted by Gasteiger charge is 2.30. The summed E-state index contributed by atoms with van der Waals surface area (Å²) in [6.45, 7) is 0. The van der Waals surface area contributed by atoms with Crippen LogP contribution in [0.1, 0.15) is 5.56 Å².